The van der Waals surface area contributed by atoms with Gasteiger partial charge < -0.3 is 20.9 Å². The predicted octanol–water partition coefficient (Wildman–Crippen LogP) is 5.28. The number of carboxylic acids is 1. The topological polar surface area (TPSA) is 136 Å². The van der Waals surface area contributed by atoms with Crippen LogP contribution in [0.15, 0.2) is 109 Å². The molecule has 0 aliphatic heterocycles. The second-order valence-corrected chi connectivity index (χ2v) is 7.29. The number of ether oxygens (including phenoxy) is 1. The zero-order valence-electron chi connectivity index (χ0n) is 19.0. The Morgan fingerprint density at radius 3 is 1.72 bits per heavy atom. The summed E-state index contributed by atoms with van der Waals surface area (Å²) in [6.45, 7) is 0. The van der Waals surface area contributed by atoms with E-state index in [9.17, 15) is 19.2 Å². The lowest BCUT2D eigenvalue weighted by Gasteiger charge is -2.10. The minimum atomic E-state index is -1.13. The summed E-state index contributed by atoms with van der Waals surface area (Å²) < 4.78 is 4.37. The fourth-order valence-corrected chi connectivity index (χ4v) is 3.21. The van der Waals surface area contributed by atoms with Crippen LogP contribution in [0.4, 0.5) is 16.2 Å². The Balaban J connectivity index is 0.000000202. The zero-order chi connectivity index (χ0) is 25.9. The van der Waals surface area contributed by atoms with E-state index in [2.05, 4.69) is 10.1 Å². The van der Waals surface area contributed by atoms with E-state index in [1.54, 1.807) is 66.7 Å². The van der Waals surface area contributed by atoms with Crippen molar-refractivity contribution in [3.63, 3.8) is 0 Å². The number of para-hydroxylation sites is 2. The maximum absolute atomic E-state index is 12.1. The second kappa shape index (κ2) is 12.3. The summed E-state index contributed by atoms with van der Waals surface area (Å²) in [5.41, 5.74) is 7.16. The highest BCUT2D eigenvalue weighted by Crippen LogP contribution is 2.21. The number of rotatable bonds is 6. The van der Waals surface area contributed by atoms with E-state index in [1.165, 1.54) is 12.1 Å². The lowest BCUT2D eigenvalue weighted by molar-refractivity contribution is 0.0637. The molecule has 0 aromatic heterocycles. The van der Waals surface area contributed by atoms with Gasteiger partial charge in [-0.1, -0.05) is 78.9 Å². The molecule has 0 heterocycles. The SMILES string of the molecule is NC(=O)OC(=O)c1ccccc1Nc1ccccc1.O=C(O)c1ccccc1C(=O)c1ccccc1. The van der Waals surface area contributed by atoms with Crippen molar-refractivity contribution < 1.29 is 29.0 Å². The Morgan fingerprint density at radius 1 is 0.639 bits per heavy atom. The van der Waals surface area contributed by atoms with E-state index >= 15 is 0 Å². The van der Waals surface area contributed by atoms with Gasteiger partial charge >= 0.3 is 18.0 Å². The van der Waals surface area contributed by atoms with Gasteiger partial charge in [0.05, 0.1) is 16.8 Å². The van der Waals surface area contributed by atoms with Crippen LogP contribution in [-0.4, -0.2) is 28.9 Å². The van der Waals surface area contributed by atoms with E-state index in [4.69, 9.17) is 10.8 Å². The van der Waals surface area contributed by atoms with Crippen molar-refractivity contribution >= 4 is 35.2 Å². The van der Waals surface area contributed by atoms with Crippen LogP contribution < -0.4 is 11.1 Å². The molecule has 4 N–H and O–H groups in total. The molecule has 36 heavy (non-hydrogen) atoms. The summed E-state index contributed by atoms with van der Waals surface area (Å²) in [7, 11) is 0. The second-order valence-electron chi connectivity index (χ2n) is 7.29. The van der Waals surface area contributed by atoms with Crippen molar-refractivity contribution in [2.24, 2.45) is 5.73 Å². The molecule has 0 saturated carbocycles. The molecule has 8 heteroatoms. The molecule has 0 saturated heterocycles. The van der Waals surface area contributed by atoms with Gasteiger partial charge in [-0.15, -0.1) is 0 Å². The Bertz CT molecular complexity index is 1370. The molecule has 180 valence electrons. The van der Waals surface area contributed by atoms with Gasteiger partial charge in [0.15, 0.2) is 5.78 Å². The zero-order valence-corrected chi connectivity index (χ0v) is 19.0. The molecule has 0 radical (unpaired) electrons. The fraction of sp³-hybridized carbons (Fsp3) is 0. The fourth-order valence-electron chi connectivity index (χ4n) is 3.21. The van der Waals surface area contributed by atoms with Crippen LogP contribution in [0.3, 0.4) is 0 Å². The van der Waals surface area contributed by atoms with Crippen LogP contribution >= 0.6 is 0 Å². The first-order valence-electron chi connectivity index (χ1n) is 10.7. The number of hydrogen-bond donors (Lipinski definition) is 3. The Morgan fingerprint density at radius 2 is 1.14 bits per heavy atom. The number of amides is 1. The minimum absolute atomic E-state index is 0.0290. The molecule has 0 fully saturated rings. The summed E-state index contributed by atoms with van der Waals surface area (Å²) >= 11 is 0. The van der Waals surface area contributed by atoms with Gasteiger partial charge in [-0.05, 0) is 30.3 Å². The number of esters is 1. The number of anilines is 2. The number of nitrogens with one attached hydrogen (secondary N) is 1. The van der Waals surface area contributed by atoms with Gasteiger partial charge in [0.1, 0.15) is 0 Å². The molecule has 0 unspecified atom stereocenters. The highest BCUT2D eigenvalue weighted by atomic mass is 16.6. The minimum Gasteiger partial charge on any atom is -0.478 e. The average molecular weight is 482 g/mol. The van der Waals surface area contributed by atoms with Crippen LogP contribution in [0.5, 0.6) is 0 Å². The summed E-state index contributed by atoms with van der Waals surface area (Å²) in [5, 5.41) is 12.1. The van der Waals surface area contributed by atoms with Crippen molar-refractivity contribution in [1.29, 1.82) is 0 Å². The van der Waals surface area contributed by atoms with Gasteiger partial charge in [0, 0.05) is 16.8 Å². The van der Waals surface area contributed by atoms with Gasteiger partial charge in [0.25, 0.3) is 0 Å². The van der Waals surface area contributed by atoms with E-state index in [0.29, 0.717) is 11.3 Å². The largest absolute Gasteiger partial charge is 0.478 e. The molecule has 0 aliphatic carbocycles. The highest BCUT2D eigenvalue weighted by Gasteiger charge is 2.17. The average Bonchev–Trinajstić information content (AvgIpc) is 2.89. The number of carboxylic acid groups (broad SMARTS) is 1. The lowest BCUT2D eigenvalue weighted by Crippen LogP contribution is -2.19. The Hall–Kier alpha value is -5.24. The molecule has 0 spiro atoms. The molecule has 8 nitrogen and oxygen atoms in total. The van der Waals surface area contributed by atoms with Crippen molar-refractivity contribution in [2.75, 3.05) is 5.32 Å². The molecule has 0 aliphatic rings. The maximum atomic E-state index is 12.1. The number of primary amides is 1. The van der Waals surface area contributed by atoms with E-state index in [0.717, 1.165) is 5.69 Å². The van der Waals surface area contributed by atoms with Crippen LogP contribution in [0.2, 0.25) is 0 Å². The molecular weight excluding hydrogens is 460 g/mol. The Kier molecular flexibility index (Phi) is 8.66. The summed E-state index contributed by atoms with van der Waals surface area (Å²) in [4.78, 5) is 45.4. The third-order valence-electron chi connectivity index (χ3n) is 4.83. The van der Waals surface area contributed by atoms with Crippen molar-refractivity contribution in [1.82, 2.24) is 0 Å². The number of benzene rings is 4. The predicted molar refractivity (Wildman–Crippen MR) is 134 cm³/mol. The van der Waals surface area contributed by atoms with E-state index < -0.39 is 18.0 Å². The molecule has 1 amide bonds. The highest BCUT2D eigenvalue weighted by molar-refractivity contribution is 6.14. The molecule has 0 bridgehead atoms. The van der Waals surface area contributed by atoms with Gasteiger partial charge in [-0.2, -0.15) is 0 Å². The Labute approximate surface area is 207 Å². The number of ketones is 1. The van der Waals surface area contributed by atoms with E-state index in [-0.39, 0.29) is 22.5 Å². The summed E-state index contributed by atoms with van der Waals surface area (Å²) in [6.07, 6.45) is -1.13. The summed E-state index contributed by atoms with van der Waals surface area (Å²) in [5.74, 6) is -2.15. The van der Waals surface area contributed by atoms with Crippen LogP contribution in [-0.2, 0) is 4.74 Å². The number of carbonyl (C=O) groups excluding carboxylic acids is 3. The van der Waals surface area contributed by atoms with Gasteiger partial charge in [-0.3, -0.25) is 4.79 Å². The van der Waals surface area contributed by atoms with Crippen LogP contribution in [0.25, 0.3) is 0 Å². The summed E-state index contributed by atoms with van der Waals surface area (Å²) in [6, 6.07) is 30.9. The van der Waals surface area contributed by atoms with Crippen molar-refractivity contribution in [3.8, 4) is 0 Å². The lowest BCUT2D eigenvalue weighted by atomic mass is 9.98. The van der Waals surface area contributed by atoms with Crippen molar-refractivity contribution in [2.45, 2.75) is 0 Å². The molecule has 4 rings (SSSR count). The molecule has 4 aromatic carbocycles. The third kappa shape index (κ3) is 6.88. The number of aromatic carboxylic acids is 1. The quantitative estimate of drug-likeness (QED) is 0.193. The number of hydrogen-bond acceptors (Lipinski definition) is 6. The van der Waals surface area contributed by atoms with Crippen LogP contribution in [0.1, 0.15) is 36.6 Å². The number of carbonyl (C=O) groups is 4. The smallest absolute Gasteiger partial charge is 0.412 e. The van der Waals surface area contributed by atoms with Crippen LogP contribution in [0, 0.1) is 0 Å². The van der Waals surface area contributed by atoms with Crippen molar-refractivity contribution in [3.05, 3.63) is 131 Å². The first-order valence-corrected chi connectivity index (χ1v) is 10.7. The number of nitrogens with two attached hydrogens (primary N) is 1. The first kappa shape index (κ1) is 25.4. The van der Waals surface area contributed by atoms with Gasteiger partial charge in [0.2, 0.25) is 0 Å². The third-order valence-corrected chi connectivity index (χ3v) is 4.83. The molecule has 4 aromatic rings. The standard InChI is InChI=1S/C14H12N2O3.C14H10O3/c15-14(18)19-13(17)11-8-4-5-9-12(11)16-10-6-2-1-3-7-10;15-13(10-6-2-1-3-7-10)11-8-4-5-9-12(11)14(16)17/h1-9,16H,(H2,15,18);1-9H,(H,16,17). The molecule has 0 atom stereocenters. The van der Waals surface area contributed by atoms with Gasteiger partial charge in [-0.25, -0.2) is 14.4 Å². The maximum Gasteiger partial charge on any atom is 0.412 e. The van der Waals surface area contributed by atoms with E-state index in [1.807, 2.05) is 30.3 Å². The monoisotopic (exact) mass is 482 g/mol. The first-order chi connectivity index (χ1) is 17.4. The molecular formula is C28H22N2O6. The normalized spacial score (nSPS) is 9.78.